The lowest BCUT2D eigenvalue weighted by Crippen LogP contribution is -2.06. The van der Waals surface area contributed by atoms with Crippen LogP contribution in [0.25, 0.3) is 0 Å². The van der Waals surface area contributed by atoms with Gasteiger partial charge in [0.1, 0.15) is 0 Å². The van der Waals surface area contributed by atoms with Gasteiger partial charge in [0.25, 0.3) is 0 Å². The summed E-state index contributed by atoms with van der Waals surface area (Å²) in [6.45, 7) is 2.86. The van der Waals surface area contributed by atoms with Gasteiger partial charge >= 0.3 is 5.97 Å². The number of carbonyl (C=O) groups is 1. The molecule has 0 aromatic rings. The molecule has 0 aliphatic rings. The van der Waals surface area contributed by atoms with Crippen LogP contribution in [-0.2, 0) is 9.53 Å². The smallest absolute Gasteiger partial charge is 0.305 e. The van der Waals surface area contributed by atoms with Crippen LogP contribution in [0, 0.1) is 0 Å². The van der Waals surface area contributed by atoms with Gasteiger partial charge in [-0.2, -0.15) is 0 Å². The van der Waals surface area contributed by atoms with Crippen LogP contribution in [0.5, 0.6) is 0 Å². The van der Waals surface area contributed by atoms with E-state index in [2.05, 4.69) is 6.92 Å². The maximum Gasteiger partial charge on any atom is 0.305 e. The summed E-state index contributed by atoms with van der Waals surface area (Å²) in [5, 5.41) is 8.57. The molecule has 18 heavy (non-hydrogen) atoms. The maximum absolute atomic E-state index is 11.3. The Bertz CT molecular complexity index is 181. The summed E-state index contributed by atoms with van der Waals surface area (Å²) in [4.78, 5) is 11.3. The zero-order valence-corrected chi connectivity index (χ0v) is 12.0. The molecule has 0 spiro atoms. The van der Waals surface area contributed by atoms with Crippen molar-refractivity contribution in [3.8, 4) is 0 Å². The number of unbranched alkanes of at least 4 members (excludes halogenated alkanes) is 8. The molecule has 0 heterocycles. The maximum atomic E-state index is 11.3. The Hall–Kier alpha value is -0.570. The number of aliphatic hydroxyl groups excluding tert-OH is 1. The number of hydrogen-bond acceptors (Lipinski definition) is 3. The van der Waals surface area contributed by atoms with Crippen molar-refractivity contribution in [3.05, 3.63) is 0 Å². The van der Waals surface area contributed by atoms with E-state index in [1.54, 1.807) is 0 Å². The molecule has 0 saturated heterocycles. The summed E-state index contributed by atoms with van der Waals surface area (Å²) in [7, 11) is 0. The molecule has 0 saturated carbocycles. The summed E-state index contributed by atoms with van der Waals surface area (Å²) in [6, 6.07) is 0. The minimum absolute atomic E-state index is 0.0843. The highest BCUT2D eigenvalue weighted by Gasteiger charge is 2.01. The molecule has 1 N–H and O–H groups in total. The van der Waals surface area contributed by atoms with Gasteiger partial charge < -0.3 is 9.84 Å². The highest BCUT2D eigenvalue weighted by atomic mass is 16.5. The lowest BCUT2D eigenvalue weighted by molar-refractivity contribution is -0.143. The van der Waals surface area contributed by atoms with Crippen molar-refractivity contribution in [1.82, 2.24) is 0 Å². The molecule has 0 amide bonds. The van der Waals surface area contributed by atoms with Crippen LogP contribution in [0.15, 0.2) is 0 Å². The molecule has 0 unspecified atom stereocenters. The van der Waals surface area contributed by atoms with Gasteiger partial charge in [0.05, 0.1) is 6.61 Å². The molecule has 0 bridgehead atoms. The number of esters is 1. The molecule has 3 heteroatoms. The van der Waals surface area contributed by atoms with Gasteiger partial charge in [-0.3, -0.25) is 4.79 Å². The monoisotopic (exact) mass is 258 g/mol. The molecule has 0 aromatic carbocycles. The van der Waals surface area contributed by atoms with Gasteiger partial charge in [-0.1, -0.05) is 51.9 Å². The Morgan fingerprint density at radius 2 is 1.50 bits per heavy atom. The molecule has 0 rings (SSSR count). The van der Waals surface area contributed by atoms with Crippen molar-refractivity contribution in [2.24, 2.45) is 0 Å². The van der Waals surface area contributed by atoms with Crippen LogP contribution in [0.3, 0.4) is 0 Å². The van der Waals surface area contributed by atoms with E-state index in [-0.39, 0.29) is 12.6 Å². The largest absolute Gasteiger partial charge is 0.466 e. The van der Waals surface area contributed by atoms with Gasteiger partial charge in [-0.25, -0.2) is 0 Å². The molecule has 3 nitrogen and oxygen atoms in total. The van der Waals surface area contributed by atoms with Crippen LogP contribution >= 0.6 is 0 Å². The topological polar surface area (TPSA) is 46.5 Å². The Labute approximate surface area is 112 Å². The van der Waals surface area contributed by atoms with Crippen molar-refractivity contribution in [2.45, 2.75) is 77.6 Å². The van der Waals surface area contributed by atoms with Crippen LogP contribution < -0.4 is 0 Å². The van der Waals surface area contributed by atoms with Gasteiger partial charge in [0, 0.05) is 13.0 Å². The molecule has 108 valence electrons. The van der Waals surface area contributed by atoms with Crippen molar-refractivity contribution in [2.75, 3.05) is 13.2 Å². The van der Waals surface area contributed by atoms with E-state index in [4.69, 9.17) is 9.84 Å². The standard InChI is InChI=1S/C15H30O3/c1-2-3-4-5-6-7-8-9-12-15(17)18-14-11-10-13-16/h16H,2-14H2,1H3. The van der Waals surface area contributed by atoms with E-state index >= 15 is 0 Å². The Kier molecular flexibility index (Phi) is 14.0. The van der Waals surface area contributed by atoms with Crippen molar-refractivity contribution < 1.29 is 14.6 Å². The second kappa shape index (κ2) is 14.5. The van der Waals surface area contributed by atoms with Crippen molar-refractivity contribution >= 4 is 5.97 Å². The normalized spacial score (nSPS) is 10.6. The number of carbonyl (C=O) groups excluding carboxylic acids is 1. The van der Waals surface area contributed by atoms with Crippen LogP contribution in [0.4, 0.5) is 0 Å². The highest BCUT2D eigenvalue weighted by Crippen LogP contribution is 2.09. The zero-order valence-electron chi connectivity index (χ0n) is 12.0. The number of aliphatic hydroxyl groups is 1. The molecule has 0 aromatic heterocycles. The lowest BCUT2D eigenvalue weighted by Gasteiger charge is -2.04. The first kappa shape index (κ1) is 17.4. The van der Waals surface area contributed by atoms with Gasteiger partial charge in [0.2, 0.25) is 0 Å². The Balaban J connectivity index is 3.10. The first-order valence-electron chi connectivity index (χ1n) is 7.57. The van der Waals surface area contributed by atoms with Crippen molar-refractivity contribution in [1.29, 1.82) is 0 Å². The number of rotatable bonds is 13. The average Bonchev–Trinajstić information content (AvgIpc) is 2.38. The third-order valence-electron chi connectivity index (χ3n) is 3.05. The van der Waals surface area contributed by atoms with Crippen molar-refractivity contribution in [3.63, 3.8) is 0 Å². The molecule has 0 aliphatic heterocycles. The van der Waals surface area contributed by atoms with E-state index in [0.29, 0.717) is 19.4 Å². The minimum atomic E-state index is -0.0843. The predicted octanol–water partition coefficient (Wildman–Crippen LogP) is 3.83. The summed E-state index contributed by atoms with van der Waals surface area (Å²) in [5.41, 5.74) is 0. The first-order valence-corrected chi connectivity index (χ1v) is 7.57. The average molecular weight is 258 g/mol. The van der Waals surface area contributed by atoms with E-state index in [0.717, 1.165) is 19.3 Å². The quantitative estimate of drug-likeness (QED) is 0.403. The SMILES string of the molecule is CCCCCCCCCCC(=O)OCCCCO. The minimum Gasteiger partial charge on any atom is -0.466 e. The molecule has 0 aliphatic carbocycles. The zero-order chi connectivity index (χ0) is 13.5. The summed E-state index contributed by atoms with van der Waals surface area (Å²) >= 11 is 0. The Morgan fingerprint density at radius 1 is 0.889 bits per heavy atom. The molecular weight excluding hydrogens is 228 g/mol. The molecular formula is C15H30O3. The first-order chi connectivity index (χ1) is 8.81. The number of hydrogen-bond donors (Lipinski definition) is 1. The molecule has 0 fully saturated rings. The fourth-order valence-corrected chi connectivity index (χ4v) is 1.88. The van der Waals surface area contributed by atoms with E-state index in [1.807, 2.05) is 0 Å². The second-order valence-electron chi connectivity index (χ2n) is 4.88. The molecule has 0 atom stereocenters. The third-order valence-corrected chi connectivity index (χ3v) is 3.05. The van der Waals surface area contributed by atoms with E-state index in [9.17, 15) is 4.79 Å². The predicted molar refractivity (Wildman–Crippen MR) is 74.5 cm³/mol. The fraction of sp³-hybridized carbons (Fsp3) is 0.933. The Morgan fingerprint density at radius 3 is 2.11 bits per heavy atom. The third kappa shape index (κ3) is 13.5. The summed E-state index contributed by atoms with van der Waals surface area (Å²) in [5.74, 6) is -0.0843. The molecule has 0 radical (unpaired) electrons. The lowest BCUT2D eigenvalue weighted by atomic mass is 10.1. The number of ether oxygens (including phenoxy) is 1. The summed E-state index contributed by atoms with van der Waals surface area (Å²) in [6.07, 6.45) is 12.0. The summed E-state index contributed by atoms with van der Waals surface area (Å²) < 4.78 is 5.05. The van der Waals surface area contributed by atoms with Crippen LogP contribution in [0.2, 0.25) is 0 Å². The van der Waals surface area contributed by atoms with Gasteiger partial charge in [-0.15, -0.1) is 0 Å². The van der Waals surface area contributed by atoms with Gasteiger partial charge in [-0.05, 0) is 19.3 Å². The fourth-order valence-electron chi connectivity index (χ4n) is 1.88. The van der Waals surface area contributed by atoms with Crippen LogP contribution in [-0.4, -0.2) is 24.3 Å². The van der Waals surface area contributed by atoms with Crippen LogP contribution in [0.1, 0.15) is 77.6 Å². The van der Waals surface area contributed by atoms with E-state index in [1.165, 1.54) is 38.5 Å². The highest BCUT2D eigenvalue weighted by molar-refractivity contribution is 5.69. The van der Waals surface area contributed by atoms with E-state index < -0.39 is 0 Å². The second-order valence-corrected chi connectivity index (χ2v) is 4.88. The van der Waals surface area contributed by atoms with Gasteiger partial charge in [0.15, 0.2) is 0 Å².